The van der Waals surface area contributed by atoms with Crippen molar-refractivity contribution >= 4 is 39.2 Å². The van der Waals surface area contributed by atoms with E-state index >= 15 is 0 Å². The van der Waals surface area contributed by atoms with Gasteiger partial charge in [0.05, 0.1) is 15.5 Å². The van der Waals surface area contributed by atoms with Crippen molar-refractivity contribution in [2.45, 2.75) is 31.2 Å². The van der Waals surface area contributed by atoms with Gasteiger partial charge in [0.1, 0.15) is 5.82 Å². The maximum atomic E-state index is 13.1. The van der Waals surface area contributed by atoms with Crippen LogP contribution in [0.15, 0.2) is 47.4 Å². The molecule has 0 saturated heterocycles. The number of esters is 1. The molecule has 10 heteroatoms. The molecule has 1 atom stereocenters. The number of hydrogen-bond acceptors (Lipinski definition) is 5. The van der Waals surface area contributed by atoms with Crippen LogP contribution in [-0.4, -0.2) is 32.9 Å². The highest BCUT2D eigenvalue weighted by atomic mass is 35.5. The van der Waals surface area contributed by atoms with Crippen LogP contribution in [-0.2, 0) is 19.6 Å². The normalized spacial score (nSPS) is 12.3. The lowest BCUT2D eigenvalue weighted by atomic mass is 10.2. The lowest BCUT2D eigenvalue weighted by Crippen LogP contribution is -2.32. The fourth-order valence-corrected chi connectivity index (χ4v) is 3.68. The summed E-state index contributed by atoms with van der Waals surface area (Å²) in [5.74, 6) is -2.06. The van der Waals surface area contributed by atoms with Crippen molar-refractivity contribution in [2.24, 2.45) is 0 Å². The van der Waals surface area contributed by atoms with Crippen LogP contribution in [0.3, 0.4) is 0 Å². The Morgan fingerprint density at radius 3 is 2.41 bits per heavy atom. The van der Waals surface area contributed by atoms with E-state index < -0.39 is 34.3 Å². The number of hydrogen-bond donors (Lipinski definition) is 2. The minimum atomic E-state index is -3.68. The Morgan fingerprint density at radius 1 is 1.17 bits per heavy atom. The number of rotatable bonds is 8. The van der Waals surface area contributed by atoms with Gasteiger partial charge in [-0.15, -0.1) is 0 Å². The summed E-state index contributed by atoms with van der Waals surface area (Å²) in [7, 11) is -3.68. The van der Waals surface area contributed by atoms with Crippen LogP contribution in [0.1, 0.15) is 30.6 Å². The van der Waals surface area contributed by atoms with E-state index in [1.807, 2.05) is 6.92 Å². The minimum absolute atomic E-state index is 0.0141. The van der Waals surface area contributed by atoms with Gasteiger partial charge in [-0.1, -0.05) is 18.5 Å². The van der Waals surface area contributed by atoms with Crippen molar-refractivity contribution < 1.29 is 27.1 Å². The second kappa shape index (κ2) is 9.82. The van der Waals surface area contributed by atoms with Crippen molar-refractivity contribution in [3.8, 4) is 0 Å². The zero-order valence-electron chi connectivity index (χ0n) is 15.7. The zero-order chi connectivity index (χ0) is 21.6. The lowest BCUT2D eigenvalue weighted by molar-refractivity contribution is -0.119. The molecule has 2 N–H and O–H groups in total. The standard InChI is InChI=1S/C19H20ClFN2O5S/c1-3-12(2)23-29(26,27)15-7-4-13(5-8-15)19(25)28-11-18(24)22-14-6-9-17(21)16(20)10-14/h4-10,12,23H,3,11H2,1-2H3,(H,22,24). The third-order valence-corrected chi connectivity index (χ3v) is 5.80. The summed E-state index contributed by atoms with van der Waals surface area (Å²) >= 11 is 5.63. The molecule has 0 fully saturated rings. The first-order valence-corrected chi connectivity index (χ1v) is 10.5. The van der Waals surface area contributed by atoms with E-state index in [4.69, 9.17) is 16.3 Å². The van der Waals surface area contributed by atoms with E-state index in [-0.39, 0.29) is 27.2 Å². The molecular weight excluding hydrogens is 423 g/mol. The average Bonchev–Trinajstić information content (AvgIpc) is 2.68. The Morgan fingerprint density at radius 2 is 1.83 bits per heavy atom. The van der Waals surface area contributed by atoms with Gasteiger partial charge in [0, 0.05) is 11.7 Å². The minimum Gasteiger partial charge on any atom is -0.452 e. The number of ether oxygens (including phenoxy) is 1. The quantitative estimate of drug-likeness (QED) is 0.610. The highest BCUT2D eigenvalue weighted by Crippen LogP contribution is 2.19. The van der Waals surface area contributed by atoms with Crippen LogP contribution in [0.5, 0.6) is 0 Å². The monoisotopic (exact) mass is 442 g/mol. The molecule has 2 rings (SSSR count). The molecule has 1 unspecified atom stereocenters. The molecule has 0 heterocycles. The maximum absolute atomic E-state index is 13.1. The molecule has 0 aromatic heterocycles. The fraction of sp³-hybridized carbons (Fsp3) is 0.263. The lowest BCUT2D eigenvalue weighted by Gasteiger charge is -2.12. The van der Waals surface area contributed by atoms with Crippen molar-refractivity contribution in [2.75, 3.05) is 11.9 Å². The van der Waals surface area contributed by atoms with E-state index in [1.54, 1.807) is 6.92 Å². The van der Waals surface area contributed by atoms with Crippen LogP contribution in [0, 0.1) is 5.82 Å². The number of benzene rings is 2. The predicted molar refractivity (Wildman–Crippen MR) is 107 cm³/mol. The molecule has 2 aromatic rings. The number of carbonyl (C=O) groups is 2. The number of halogens is 2. The summed E-state index contributed by atoms with van der Waals surface area (Å²) in [6.45, 7) is 3.02. The molecule has 29 heavy (non-hydrogen) atoms. The zero-order valence-corrected chi connectivity index (χ0v) is 17.3. The molecule has 0 radical (unpaired) electrons. The van der Waals surface area contributed by atoms with Crippen LogP contribution in [0.25, 0.3) is 0 Å². The van der Waals surface area contributed by atoms with Gasteiger partial charge in [0.25, 0.3) is 5.91 Å². The van der Waals surface area contributed by atoms with E-state index in [1.165, 1.54) is 36.4 Å². The Bertz CT molecular complexity index is 996. The highest BCUT2D eigenvalue weighted by Gasteiger charge is 2.18. The van der Waals surface area contributed by atoms with Gasteiger partial charge in [0.2, 0.25) is 10.0 Å². The predicted octanol–water partition coefficient (Wildman–Crippen LogP) is 3.35. The van der Waals surface area contributed by atoms with Crippen LogP contribution in [0.4, 0.5) is 10.1 Å². The topological polar surface area (TPSA) is 102 Å². The van der Waals surface area contributed by atoms with Crippen molar-refractivity contribution in [3.05, 3.63) is 58.9 Å². The number of carbonyl (C=O) groups excluding carboxylic acids is 2. The van der Waals surface area contributed by atoms with Crippen molar-refractivity contribution in [1.82, 2.24) is 4.72 Å². The largest absolute Gasteiger partial charge is 0.452 e. The molecule has 0 aliphatic carbocycles. The summed E-state index contributed by atoms with van der Waals surface area (Å²) in [5.41, 5.74) is 0.339. The van der Waals surface area contributed by atoms with Crippen molar-refractivity contribution in [3.63, 3.8) is 0 Å². The molecule has 2 aromatic carbocycles. The summed E-state index contributed by atoms with van der Waals surface area (Å²) in [6.07, 6.45) is 0.635. The Labute approximate surface area is 173 Å². The summed E-state index contributed by atoms with van der Waals surface area (Å²) in [6, 6.07) is 8.56. The summed E-state index contributed by atoms with van der Waals surface area (Å²) < 4.78 is 44.9. The second-order valence-corrected chi connectivity index (χ2v) is 8.33. The van der Waals surface area contributed by atoms with Crippen LogP contribution < -0.4 is 10.0 Å². The first-order chi connectivity index (χ1) is 13.6. The Kier molecular flexibility index (Phi) is 7.72. The van der Waals surface area contributed by atoms with Gasteiger partial charge in [-0.05, 0) is 55.8 Å². The van der Waals surface area contributed by atoms with E-state index in [0.29, 0.717) is 6.42 Å². The molecule has 0 aliphatic heterocycles. The van der Waals surface area contributed by atoms with Crippen molar-refractivity contribution in [1.29, 1.82) is 0 Å². The molecule has 0 aliphatic rings. The Balaban J connectivity index is 1.93. The summed E-state index contributed by atoms with van der Waals surface area (Å²) in [4.78, 5) is 23.9. The molecule has 7 nitrogen and oxygen atoms in total. The Hall–Kier alpha value is -2.49. The molecule has 0 bridgehead atoms. The van der Waals surface area contributed by atoms with E-state index in [9.17, 15) is 22.4 Å². The summed E-state index contributed by atoms with van der Waals surface area (Å²) in [5, 5.41) is 2.26. The highest BCUT2D eigenvalue weighted by molar-refractivity contribution is 7.89. The van der Waals surface area contributed by atoms with Crippen LogP contribution >= 0.6 is 11.6 Å². The number of nitrogens with one attached hydrogen (secondary N) is 2. The number of sulfonamides is 1. The van der Waals surface area contributed by atoms with E-state index in [2.05, 4.69) is 10.0 Å². The first kappa shape index (κ1) is 22.8. The number of amides is 1. The molecular formula is C19H20ClFN2O5S. The third-order valence-electron chi connectivity index (χ3n) is 3.91. The first-order valence-electron chi connectivity index (χ1n) is 8.66. The van der Waals surface area contributed by atoms with Gasteiger partial charge in [-0.2, -0.15) is 0 Å². The SMILES string of the molecule is CCC(C)NS(=O)(=O)c1ccc(C(=O)OCC(=O)Nc2ccc(F)c(Cl)c2)cc1. The fourth-order valence-electron chi connectivity index (χ4n) is 2.17. The number of anilines is 1. The third kappa shape index (κ3) is 6.52. The molecule has 156 valence electrons. The molecule has 0 spiro atoms. The van der Waals surface area contributed by atoms with Gasteiger partial charge in [-0.25, -0.2) is 22.3 Å². The average molecular weight is 443 g/mol. The van der Waals surface area contributed by atoms with Gasteiger partial charge >= 0.3 is 5.97 Å². The van der Waals surface area contributed by atoms with E-state index in [0.717, 1.165) is 6.07 Å². The van der Waals surface area contributed by atoms with Gasteiger partial charge < -0.3 is 10.1 Å². The maximum Gasteiger partial charge on any atom is 0.338 e. The van der Waals surface area contributed by atoms with Gasteiger partial charge in [0.15, 0.2) is 6.61 Å². The van der Waals surface area contributed by atoms with Gasteiger partial charge in [-0.3, -0.25) is 4.79 Å². The second-order valence-electron chi connectivity index (χ2n) is 6.21. The molecule has 1 amide bonds. The molecule has 0 saturated carbocycles. The van der Waals surface area contributed by atoms with Crippen LogP contribution in [0.2, 0.25) is 5.02 Å². The smallest absolute Gasteiger partial charge is 0.338 e.